The second-order valence-corrected chi connectivity index (χ2v) is 6.88. The minimum absolute atomic E-state index is 0.0912. The first-order chi connectivity index (χ1) is 13.8. The number of nitro benzene ring substituents is 1. The highest BCUT2D eigenvalue weighted by Crippen LogP contribution is 2.27. The number of nitro groups is 1. The Morgan fingerprint density at radius 1 is 1.34 bits per heavy atom. The number of rotatable bonds is 7. The van der Waals surface area contributed by atoms with Gasteiger partial charge in [-0.1, -0.05) is 17.8 Å². The summed E-state index contributed by atoms with van der Waals surface area (Å²) in [6.07, 6.45) is 0. The Hall–Kier alpha value is -3.45. The highest BCUT2D eigenvalue weighted by molar-refractivity contribution is 8.00. The zero-order chi connectivity index (χ0) is 21.6. The van der Waals surface area contributed by atoms with E-state index >= 15 is 0 Å². The third-order valence-electron chi connectivity index (χ3n) is 3.76. The number of anilines is 1. The number of esters is 1. The van der Waals surface area contributed by atoms with Gasteiger partial charge < -0.3 is 10.1 Å². The Labute approximate surface area is 171 Å². The molecule has 0 fully saturated rings. The number of aromatic nitrogens is 1. The van der Waals surface area contributed by atoms with Crippen LogP contribution in [0, 0.1) is 35.3 Å². The zero-order valence-electron chi connectivity index (χ0n) is 16.0. The van der Waals surface area contributed by atoms with Crippen molar-refractivity contribution >= 4 is 35.0 Å². The van der Waals surface area contributed by atoms with Gasteiger partial charge in [-0.15, -0.1) is 0 Å². The fourth-order valence-electron chi connectivity index (χ4n) is 2.41. The molecule has 0 atom stereocenters. The summed E-state index contributed by atoms with van der Waals surface area (Å²) in [5, 5.41) is 23.3. The van der Waals surface area contributed by atoms with Gasteiger partial charge in [0.05, 0.1) is 34.1 Å². The van der Waals surface area contributed by atoms with Crippen LogP contribution in [0.2, 0.25) is 0 Å². The molecular formula is C19H18N4O5S. The Bertz CT molecular complexity index is 1020. The standard InChI is InChI=1S/C19H18N4O5S/c1-4-28-19(25)14-8-13(9-20)18(21-12(14)3)29-10-17(24)22-15-6-5-11(2)7-16(15)23(26)27/h5-8H,4,10H2,1-3H3,(H,22,24). The number of amides is 1. The molecule has 1 amide bonds. The number of nitrogens with one attached hydrogen (secondary N) is 1. The summed E-state index contributed by atoms with van der Waals surface area (Å²) in [6.45, 7) is 5.19. The summed E-state index contributed by atoms with van der Waals surface area (Å²) < 4.78 is 4.94. The van der Waals surface area contributed by atoms with Gasteiger partial charge in [-0.3, -0.25) is 14.9 Å². The fourth-order valence-corrected chi connectivity index (χ4v) is 3.21. The molecule has 9 nitrogen and oxygen atoms in total. The third-order valence-corrected chi connectivity index (χ3v) is 4.75. The Balaban J connectivity index is 2.15. The summed E-state index contributed by atoms with van der Waals surface area (Å²) in [6, 6.07) is 7.82. The van der Waals surface area contributed by atoms with Gasteiger partial charge in [-0.2, -0.15) is 5.26 Å². The zero-order valence-corrected chi connectivity index (χ0v) is 16.8. The number of carbonyl (C=O) groups excluding carboxylic acids is 2. The number of pyridine rings is 1. The number of hydrogen-bond acceptors (Lipinski definition) is 8. The molecule has 150 valence electrons. The fraction of sp³-hybridized carbons (Fsp3) is 0.263. The normalized spacial score (nSPS) is 10.1. The average Bonchev–Trinajstić information content (AvgIpc) is 2.67. The van der Waals surface area contributed by atoms with Crippen molar-refractivity contribution in [3.8, 4) is 6.07 Å². The molecule has 10 heteroatoms. The van der Waals surface area contributed by atoms with Crippen LogP contribution in [-0.2, 0) is 9.53 Å². The molecule has 0 aliphatic rings. The van der Waals surface area contributed by atoms with Gasteiger partial charge in [-0.25, -0.2) is 9.78 Å². The topological polar surface area (TPSA) is 135 Å². The molecule has 1 aromatic carbocycles. The summed E-state index contributed by atoms with van der Waals surface area (Å²) >= 11 is 0.997. The predicted molar refractivity (Wildman–Crippen MR) is 107 cm³/mol. The van der Waals surface area contributed by atoms with Crippen LogP contribution >= 0.6 is 11.8 Å². The van der Waals surface area contributed by atoms with E-state index in [1.54, 1.807) is 26.8 Å². The Morgan fingerprint density at radius 2 is 2.07 bits per heavy atom. The van der Waals surface area contributed by atoms with Crippen LogP contribution in [0.1, 0.15) is 34.1 Å². The molecule has 0 unspecified atom stereocenters. The lowest BCUT2D eigenvalue weighted by Crippen LogP contribution is -2.16. The van der Waals surface area contributed by atoms with Crippen molar-refractivity contribution in [3.05, 3.63) is 56.8 Å². The number of thioether (sulfide) groups is 1. The molecule has 1 N–H and O–H groups in total. The van der Waals surface area contributed by atoms with E-state index < -0.39 is 16.8 Å². The van der Waals surface area contributed by atoms with Crippen molar-refractivity contribution in [1.29, 1.82) is 5.26 Å². The summed E-state index contributed by atoms with van der Waals surface area (Å²) in [4.78, 5) is 39.0. The monoisotopic (exact) mass is 414 g/mol. The summed E-state index contributed by atoms with van der Waals surface area (Å²) in [5.41, 5.74) is 1.29. The molecule has 0 aliphatic heterocycles. The summed E-state index contributed by atoms with van der Waals surface area (Å²) in [5.74, 6) is -1.18. The van der Waals surface area contributed by atoms with E-state index in [-0.39, 0.29) is 39.9 Å². The van der Waals surface area contributed by atoms with Gasteiger partial charge in [0.25, 0.3) is 5.69 Å². The number of nitrogens with zero attached hydrogens (tertiary/aromatic N) is 3. The highest BCUT2D eigenvalue weighted by Gasteiger charge is 2.19. The molecule has 0 radical (unpaired) electrons. The van der Waals surface area contributed by atoms with Gasteiger partial charge in [0.2, 0.25) is 5.91 Å². The van der Waals surface area contributed by atoms with Crippen molar-refractivity contribution in [3.63, 3.8) is 0 Å². The van der Waals surface area contributed by atoms with Crippen LogP contribution in [-0.4, -0.2) is 34.1 Å². The van der Waals surface area contributed by atoms with Crippen molar-refractivity contribution < 1.29 is 19.2 Å². The van der Waals surface area contributed by atoms with Crippen molar-refractivity contribution in [2.24, 2.45) is 0 Å². The second kappa shape index (κ2) is 9.66. The second-order valence-electron chi connectivity index (χ2n) is 5.92. The van der Waals surface area contributed by atoms with Gasteiger partial charge in [0.15, 0.2) is 0 Å². The van der Waals surface area contributed by atoms with E-state index in [0.717, 1.165) is 11.8 Å². The van der Waals surface area contributed by atoms with Crippen LogP contribution in [0.4, 0.5) is 11.4 Å². The quantitative estimate of drug-likeness (QED) is 0.315. The molecule has 0 saturated carbocycles. The van der Waals surface area contributed by atoms with Gasteiger partial charge in [0.1, 0.15) is 16.8 Å². The smallest absolute Gasteiger partial charge is 0.340 e. The minimum atomic E-state index is -0.574. The van der Waals surface area contributed by atoms with Crippen LogP contribution in [0.25, 0.3) is 0 Å². The molecule has 0 saturated heterocycles. The van der Waals surface area contributed by atoms with Crippen LogP contribution in [0.15, 0.2) is 29.3 Å². The Kier molecular flexibility index (Phi) is 7.27. The molecule has 0 spiro atoms. The van der Waals surface area contributed by atoms with Crippen LogP contribution < -0.4 is 5.32 Å². The Morgan fingerprint density at radius 3 is 2.69 bits per heavy atom. The first kappa shape index (κ1) is 21.8. The van der Waals surface area contributed by atoms with E-state index in [2.05, 4.69) is 10.3 Å². The van der Waals surface area contributed by atoms with E-state index in [1.165, 1.54) is 18.2 Å². The molecule has 2 aromatic rings. The predicted octanol–water partition coefficient (Wildman–Crippen LogP) is 3.39. The SMILES string of the molecule is CCOC(=O)c1cc(C#N)c(SCC(=O)Nc2ccc(C)cc2[N+](=O)[O-])nc1C. The van der Waals surface area contributed by atoms with Gasteiger partial charge in [-0.05, 0) is 38.5 Å². The number of aryl methyl sites for hydroxylation is 2. The number of ether oxygens (including phenoxy) is 1. The van der Waals surface area contributed by atoms with Crippen molar-refractivity contribution in [2.45, 2.75) is 25.8 Å². The minimum Gasteiger partial charge on any atom is -0.462 e. The summed E-state index contributed by atoms with van der Waals surface area (Å²) in [7, 11) is 0. The average molecular weight is 414 g/mol. The van der Waals surface area contributed by atoms with E-state index in [1.807, 2.05) is 6.07 Å². The molecule has 29 heavy (non-hydrogen) atoms. The molecule has 0 aliphatic carbocycles. The van der Waals surface area contributed by atoms with E-state index in [0.29, 0.717) is 11.3 Å². The maximum absolute atomic E-state index is 12.3. The van der Waals surface area contributed by atoms with Gasteiger partial charge in [0, 0.05) is 6.07 Å². The first-order valence-corrected chi connectivity index (χ1v) is 9.52. The van der Waals surface area contributed by atoms with Crippen molar-refractivity contribution in [2.75, 3.05) is 17.7 Å². The van der Waals surface area contributed by atoms with Crippen molar-refractivity contribution in [1.82, 2.24) is 4.98 Å². The van der Waals surface area contributed by atoms with Crippen LogP contribution in [0.3, 0.4) is 0 Å². The lowest BCUT2D eigenvalue weighted by Gasteiger charge is -2.10. The molecule has 1 heterocycles. The number of nitriles is 1. The number of carbonyl (C=O) groups is 2. The lowest BCUT2D eigenvalue weighted by molar-refractivity contribution is -0.384. The van der Waals surface area contributed by atoms with Gasteiger partial charge >= 0.3 is 5.97 Å². The van der Waals surface area contributed by atoms with E-state index in [9.17, 15) is 25.0 Å². The number of benzene rings is 1. The molecule has 1 aromatic heterocycles. The largest absolute Gasteiger partial charge is 0.462 e. The molecule has 0 bridgehead atoms. The molecular weight excluding hydrogens is 396 g/mol. The maximum atomic E-state index is 12.3. The first-order valence-electron chi connectivity index (χ1n) is 8.53. The third kappa shape index (κ3) is 5.52. The maximum Gasteiger partial charge on any atom is 0.340 e. The molecule has 2 rings (SSSR count). The van der Waals surface area contributed by atoms with Crippen LogP contribution in [0.5, 0.6) is 0 Å². The number of hydrogen-bond donors (Lipinski definition) is 1. The lowest BCUT2D eigenvalue weighted by atomic mass is 10.1. The highest BCUT2D eigenvalue weighted by atomic mass is 32.2. The van der Waals surface area contributed by atoms with E-state index in [4.69, 9.17) is 4.74 Å².